The predicted molar refractivity (Wildman–Crippen MR) is 136 cm³/mol. The van der Waals surface area contributed by atoms with Crippen molar-refractivity contribution in [3.05, 3.63) is 48.3 Å². The van der Waals surface area contributed by atoms with Gasteiger partial charge in [-0.3, -0.25) is 9.48 Å². The zero-order valence-corrected chi connectivity index (χ0v) is 21.0. The summed E-state index contributed by atoms with van der Waals surface area (Å²) in [4.78, 5) is 19.9. The fourth-order valence-corrected chi connectivity index (χ4v) is 4.78. The van der Waals surface area contributed by atoms with E-state index in [0.29, 0.717) is 34.3 Å². The van der Waals surface area contributed by atoms with Gasteiger partial charge in [-0.25, -0.2) is 9.97 Å². The summed E-state index contributed by atoms with van der Waals surface area (Å²) in [5.41, 5.74) is 0.573. The quantitative estimate of drug-likeness (QED) is 0.294. The lowest BCUT2D eigenvalue weighted by atomic mass is 9.89. The number of carbonyl (C=O) groups excluding carboxylic acids is 1. The van der Waals surface area contributed by atoms with Crippen LogP contribution in [0.3, 0.4) is 0 Å². The Morgan fingerprint density at radius 3 is 2.58 bits per heavy atom. The van der Waals surface area contributed by atoms with E-state index in [-0.39, 0.29) is 24.2 Å². The minimum atomic E-state index is -4.51. The van der Waals surface area contributed by atoms with E-state index >= 15 is 0 Å². The Bertz CT molecular complexity index is 1460. The normalized spacial score (nSPS) is 14.6. The van der Waals surface area contributed by atoms with Crippen molar-refractivity contribution in [2.45, 2.75) is 51.7 Å². The first-order chi connectivity index (χ1) is 18.2. The van der Waals surface area contributed by atoms with Crippen molar-refractivity contribution < 1.29 is 22.7 Å². The van der Waals surface area contributed by atoms with Crippen LogP contribution < -0.4 is 15.4 Å². The highest BCUT2D eigenvalue weighted by atomic mass is 19.4. The van der Waals surface area contributed by atoms with Crippen LogP contribution in [0.2, 0.25) is 0 Å². The third kappa shape index (κ3) is 5.74. The molecule has 2 N–H and O–H groups in total. The maximum absolute atomic E-state index is 13.8. The molecule has 0 spiro atoms. The Labute approximate surface area is 217 Å². The first-order valence-corrected chi connectivity index (χ1v) is 12.5. The molecule has 0 aliphatic heterocycles. The maximum Gasteiger partial charge on any atom is 0.433 e. The molecule has 200 valence electrons. The lowest BCUT2D eigenvalue weighted by Gasteiger charge is -2.22. The summed E-state index contributed by atoms with van der Waals surface area (Å²) in [5, 5.41) is 9.81. The van der Waals surface area contributed by atoms with Gasteiger partial charge < -0.3 is 19.9 Å². The zero-order valence-electron chi connectivity index (χ0n) is 21.0. The largest absolute Gasteiger partial charge is 0.457 e. The number of halogens is 3. The molecule has 3 heterocycles. The monoisotopic (exact) mass is 527 g/mol. The summed E-state index contributed by atoms with van der Waals surface area (Å²) < 4.78 is 50.0. The molecule has 1 aliphatic rings. The van der Waals surface area contributed by atoms with Gasteiger partial charge in [0.25, 0.3) is 0 Å². The number of fused-ring (bicyclic) bond motifs is 1. The second kappa shape index (κ2) is 10.3. The Balaban J connectivity index is 1.37. The number of aryl methyl sites for hydroxylation is 1. The molecule has 5 rings (SSSR count). The van der Waals surface area contributed by atoms with Crippen molar-refractivity contribution >= 4 is 34.5 Å². The van der Waals surface area contributed by atoms with Crippen molar-refractivity contribution in [1.29, 1.82) is 0 Å². The van der Waals surface area contributed by atoms with E-state index in [9.17, 15) is 18.0 Å². The van der Waals surface area contributed by atoms with E-state index in [2.05, 4.69) is 25.7 Å². The number of carbonyl (C=O) groups is 1. The van der Waals surface area contributed by atoms with Crippen LogP contribution in [-0.2, 0) is 24.6 Å². The summed E-state index contributed by atoms with van der Waals surface area (Å²) >= 11 is 0. The number of benzene rings is 1. The van der Waals surface area contributed by atoms with Crippen LogP contribution in [-0.4, -0.2) is 30.2 Å². The van der Waals surface area contributed by atoms with Gasteiger partial charge in [0.05, 0.1) is 11.0 Å². The highest BCUT2D eigenvalue weighted by Gasteiger charge is 2.36. The van der Waals surface area contributed by atoms with E-state index in [4.69, 9.17) is 4.74 Å². The van der Waals surface area contributed by atoms with Crippen LogP contribution >= 0.6 is 0 Å². The third-order valence-corrected chi connectivity index (χ3v) is 6.59. The molecule has 1 amide bonds. The fraction of sp³-hybridized carbons (Fsp3) is 0.385. The average Bonchev–Trinajstić information content (AvgIpc) is 3.40. The zero-order chi connectivity index (χ0) is 26.9. The molecule has 1 aliphatic carbocycles. The van der Waals surface area contributed by atoms with Gasteiger partial charge in [-0.15, -0.1) is 0 Å². The first-order valence-electron chi connectivity index (χ1n) is 12.5. The van der Waals surface area contributed by atoms with Crippen LogP contribution in [0.4, 0.5) is 30.8 Å². The number of alkyl halides is 3. The van der Waals surface area contributed by atoms with Gasteiger partial charge in [0.15, 0.2) is 5.82 Å². The number of nitrogens with one attached hydrogen (secondary N) is 2. The van der Waals surface area contributed by atoms with Crippen LogP contribution in [0.25, 0.3) is 11.0 Å². The highest BCUT2D eigenvalue weighted by molar-refractivity contribution is 5.87. The number of pyridine rings is 1. The lowest BCUT2D eigenvalue weighted by molar-refractivity contribution is -0.144. The van der Waals surface area contributed by atoms with Crippen molar-refractivity contribution in [3.8, 4) is 11.5 Å². The van der Waals surface area contributed by atoms with Gasteiger partial charge in [-0.2, -0.15) is 18.3 Å². The Kier molecular flexibility index (Phi) is 6.96. The van der Waals surface area contributed by atoms with E-state index < -0.39 is 11.9 Å². The topological polar surface area (TPSA) is 98.9 Å². The summed E-state index contributed by atoms with van der Waals surface area (Å²) in [5.74, 6) is 1.75. The van der Waals surface area contributed by atoms with Gasteiger partial charge in [0.1, 0.15) is 23.0 Å². The van der Waals surface area contributed by atoms with Gasteiger partial charge >= 0.3 is 6.18 Å². The van der Waals surface area contributed by atoms with Crippen molar-refractivity contribution in [2.24, 2.45) is 13.0 Å². The van der Waals surface area contributed by atoms with Crippen molar-refractivity contribution in [2.75, 3.05) is 10.6 Å². The molecule has 4 aromatic rings. The highest BCUT2D eigenvalue weighted by Crippen LogP contribution is 2.34. The van der Waals surface area contributed by atoms with Gasteiger partial charge in [-0.05, 0) is 37.0 Å². The van der Waals surface area contributed by atoms with Crippen molar-refractivity contribution in [3.63, 3.8) is 0 Å². The van der Waals surface area contributed by atoms with E-state index in [1.807, 2.05) is 0 Å². The molecule has 9 nitrogen and oxygen atoms in total. The number of imidazole rings is 1. The van der Waals surface area contributed by atoms with E-state index in [1.165, 1.54) is 13.1 Å². The molecule has 0 saturated heterocycles. The molecule has 1 aromatic carbocycles. The van der Waals surface area contributed by atoms with Crippen LogP contribution in [0.1, 0.15) is 44.7 Å². The fourth-order valence-electron chi connectivity index (χ4n) is 4.78. The third-order valence-electron chi connectivity index (χ3n) is 6.59. The molecule has 38 heavy (non-hydrogen) atoms. The Morgan fingerprint density at radius 2 is 1.84 bits per heavy atom. The predicted octanol–water partition coefficient (Wildman–Crippen LogP) is 6.26. The number of aromatic nitrogens is 5. The first kappa shape index (κ1) is 25.6. The number of rotatable bonds is 7. The Hall–Kier alpha value is -4.09. The molecule has 12 heteroatoms. The minimum absolute atomic E-state index is 0.0882. The minimum Gasteiger partial charge on any atom is -0.457 e. The molecule has 1 saturated carbocycles. The molecule has 1 fully saturated rings. The maximum atomic E-state index is 13.8. The smallest absolute Gasteiger partial charge is 0.433 e. The van der Waals surface area contributed by atoms with Gasteiger partial charge in [0.2, 0.25) is 11.9 Å². The van der Waals surface area contributed by atoms with Gasteiger partial charge in [-0.1, -0.05) is 19.3 Å². The lowest BCUT2D eigenvalue weighted by Crippen LogP contribution is -2.20. The summed E-state index contributed by atoms with van der Waals surface area (Å²) in [6.07, 6.45) is 2.07. The number of amides is 1. The Morgan fingerprint density at radius 1 is 1.08 bits per heavy atom. The summed E-state index contributed by atoms with van der Waals surface area (Å²) in [6.45, 7) is 1.64. The number of anilines is 3. The molecular formula is C26H28F3N7O2. The molecule has 0 unspecified atom stereocenters. The SMILES string of the molecule is CC(=O)Nc1cc(Oc2ccc3nc(Nc4cc(C(F)(F)F)n(CC5CCCCC5)n4)n(C)c3c2)ccn1. The number of hydrogen-bond acceptors (Lipinski definition) is 6. The van der Waals surface area contributed by atoms with E-state index in [1.54, 1.807) is 41.9 Å². The number of ether oxygens (including phenoxy) is 1. The molecular weight excluding hydrogens is 499 g/mol. The van der Waals surface area contributed by atoms with E-state index in [0.717, 1.165) is 42.9 Å². The summed E-state index contributed by atoms with van der Waals surface area (Å²) in [6, 6.07) is 9.56. The summed E-state index contributed by atoms with van der Waals surface area (Å²) in [7, 11) is 1.76. The van der Waals surface area contributed by atoms with Crippen LogP contribution in [0.5, 0.6) is 11.5 Å². The molecule has 0 radical (unpaired) electrons. The van der Waals surface area contributed by atoms with Crippen LogP contribution in [0.15, 0.2) is 42.6 Å². The average molecular weight is 528 g/mol. The second-order valence-corrected chi connectivity index (χ2v) is 9.53. The van der Waals surface area contributed by atoms with Crippen molar-refractivity contribution in [1.82, 2.24) is 24.3 Å². The molecule has 0 atom stereocenters. The van der Waals surface area contributed by atoms with Crippen LogP contribution in [0, 0.1) is 5.92 Å². The standard InChI is InChI=1S/C26H28F3N7O2/c1-16(37)31-23-13-19(10-11-30-23)38-18-8-9-20-21(12-18)35(2)25(32-20)33-24-14-22(26(27,28)29)36(34-24)15-17-6-4-3-5-7-17/h8-14,17H,3-7,15H2,1-2H3,(H,30,31,37)(H,32,33,34). The van der Waals surface area contributed by atoms with Gasteiger partial charge in [0, 0.05) is 44.9 Å². The number of hydrogen-bond donors (Lipinski definition) is 2. The molecule has 0 bridgehead atoms. The number of nitrogens with zero attached hydrogens (tertiary/aromatic N) is 5. The molecule has 3 aromatic heterocycles. The second-order valence-electron chi connectivity index (χ2n) is 9.53.